The molecule has 4 heteroatoms. The van der Waals surface area contributed by atoms with E-state index < -0.39 is 6.17 Å². The van der Waals surface area contributed by atoms with Gasteiger partial charge in [0.1, 0.15) is 11.8 Å². The zero-order valence-corrected chi connectivity index (χ0v) is 13.6. The molecule has 2 aliphatic carbocycles. The van der Waals surface area contributed by atoms with Crippen LogP contribution in [0.3, 0.4) is 0 Å². The minimum atomic E-state index is -0.594. The second kappa shape index (κ2) is 6.23. The summed E-state index contributed by atoms with van der Waals surface area (Å²) in [6.07, 6.45) is 11.6. The van der Waals surface area contributed by atoms with E-state index in [0.29, 0.717) is 30.7 Å². The van der Waals surface area contributed by atoms with Crippen LogP contribution in [0.2, 0.25) is 0 Å². The summed E-state index contributed by atoms with van der Waals surface area (Å²) < 4.78 is 15.6. The molecular formula is C19H26FN3. The fraction of sp³-hybridized carbons (Fsp3) is 0.632. The number of hydrogen-bond acceptors (Lipinski definition) is 2. The van der Waals surface area contributed by atoms with Crippen LogP contribution in [-0.4, -0.2) is 21.6 Å². The van der Waals surface area contributed by atoms with Crippen molar-refractivity contribution in [3.05, 3.63) is 35.8 Å². The highest BCUT2D eigenvalue weighted by Crippen LogP contribution is 2.36. The lowest BCUT2D eigenvalue weighted by Gasteiger charge is -2.26. The number of imidazole rings is 1. The number of rotatable bonds is 2. The standard InChI is InChI=1S/C19H26FN3/c20-16-6-4-13(5-7-16)14-8-9-23-18(12-22-19(23)11-14)15-2-1-3-17(21)10-15/h8-9,11-13,15-17H,1-7,10,21H2. The maximum atomic E-state index is 13.3. The van der Waals surface area contributed by atoms with Crippen LogP contribution >= 0.6 is 0 Å². The van der Waals surface area contributed by atoms with Gasteiger partial charge in [0.25, 0.3) is 0 Å². The Hall–Kier alpha value is -1.42. The Labute approximate surface area is 137 Å². The van der Waals surface area contributed by atoms with Crippen LogP contribution in [0.25, 0.3) is 5.65 Å². The van der Waals surface area contributed by atoms with Gasteiger partial charge in [-0.05, 0) is 68.6 Å². The van der Waals surface area contributed by atoms with E-state index >= 15 is 0 Å². The fourth-order valence-corrected chi connectivity index (χ4v) is 4.45. The van der Waals surface area contributed by atoms with Crippen LogP contribution in [0, 0.1) is 0 Å². The fourth-order valence-electron chi connectivity index (χ4n) is 4.45. The smallest absolute Gasteiger partial charge is 0.137 e. The molecule has 0 radical (unpaired) electrons. The number of alkyl halides is 1. The third kappa shape index (κ3) is 3.01. The van der Waals surface area contributed by atoms with Gasteiger partial charge in [0.15, 0.2) is 0 Å². The van der Waals surface area contributed by atoms with Gasteiger partial charge in [-0.15, -0.1) is 0 Å². The molecular weight excluding hydrogens is 289 g/mol. The molecule has 2 N–H and O–H groups in total. The summed E-state index contributed by atoms with van der Waals surface area (Å²) in [5.74, 6) is 1.02. The molecule has 2 aliphatic rings. The van der Waals surface area contributed by atoms with E-state index in [9.17, 15) is 4.39 Å². The Bertz CT molecular complexity index is 672. The summed E-state index contributed by atoms with van der Waals surface area (Å²) in [7, 11) is 0. The number of nitrogens with zero attached hydrogens (tertiary/aromatic N) is 2. The van der Waals surface area contributed by atoms with Gasteiger partial charge in [0, 0.05) is 30.0 Å². The molecule has 3 nitrogen and oxygen atoms in total. The van der Waals surface area contributed by atoms with Crippen LogP contribution in [-0.2, 0) is 0 Å². The predicted octanol–water partition coefficient (Wildman–Crippen LogP) is 4.31. The first-order valence-electron chi connectivity index (χ1n) is 9.07. The summed E-state index contributed by atoms with van der Waals surface area (Å²) in [5, 5.41) is 0. The van der Waals surface area contributed by atoms with E-state index in [4.69, 9.17) is 5.73 Å². The molecule has 0 amide bonds. The first-order valence-corrected chi connectivity index (χ1v) is 9.07. The van der Waals surface area contributed by atoms with Crippen molar-refractivity contribution in [3.63, 3.8) is 0 Å². The number of fused-ring (bicyclic) bond motifs is 1. The first-order chi connectivity index (χ1) is 11.2. The summed E-state index contributed by atoms with van der Waals surface area (Å²) in [6.45, 7) is 0. The molecule has 2 aromatic rings. The largest absolute Gasteiger partial charge is 0.328 e. The second-order valence-electron chi connectivity index (χ2n) is 7.44. The quantitative estimate of drug-likeness (QED) is 0.897. The minimum absolute atomic E-state index is 0.328. The van der Waals surface area contributed by atoms with Gasteiger partial charge in [-0.1, -0.05) is 6.42 Å². The highest BCUT2D eigenvalue weighted by atomic mass is 19.1. The van der Waals surface area contributed by atoms with Crippen LogP contribution < -0.4 is 5.73 Å². The number of halogens is 1. The zero-order chi connectivity index (χ0) is 15.8. The number of hydrogen-bond donors (Lipinski definition) is 1. The van der Waals surface area contributed by atoms with E-state index in [1.165, 1.54) is 24.1 Å². The molecule has 2 fully saturated rings. The van der Waals surface area contributed by atoms with Gasteiger partial charge in [0.2, 0.25) is 0 Å². The zero-order valence-electron chi connectivity index (χ0n) is 13.6. The van der Waals surface area contributed by atoms with E-state index in [1.807, 2.05) is 6.20 Å². The molecule has 4 rings (SSSR count). The lowest BCUT2D eigenvalue weighted by molar-refractivity contribution is 0.235. The monoisotopic (exact) mass is 315 g/mol. The van der Waals surface area contributed by atoms with E-state index in [1.54, 1.807) is 0 Å². The molecule has 2 saturated carbocycles. The normalized spacial score (nSPS) is 32.3. The molecule has 2 atom stereocenters. The Kier molecular flexibility index (Phi) is 4.10. The Balaban J connectivity index is 1.59. The van der Waals surface area contributed by atoms with Crippen molar-refractivity contribution >= 4 is 5.65 Å². The SMILES string of the molecule is NC1CCCC(c2cnc3cc(C4CCC(F)CC4)ccn23)C1. The van der Waals surface area contributed by atoms with Crippen molar-refractivity contribution in [1.29, 1.82) is 0 Å². The van der Waals surface area contributed by atoms with Gasteiger partial charge in [0.05, 0.1) is 0 Å². The average Bonchev–Trinajstić information content (AvgIpc) is 2.98. The molecule has 0 aliphatic heterocycles. The first kappa shape index (κ1) is 15.1. The van der Waals surface area contributed by atoms with Crippen molar-refractivity contribution in [3.8, 4) is 0 Å². The molecule has 23 heavy (non-hydrogen) atoms. The lowest BCUT2D eigenvalue weighted by Crippen LogP contribution is -2.27. The summed E-state index contributed by atoms with van der Waals surface area (Å²) in [4.78, 5) is 4.64. The maximum absolute atomic E-state index is 13.3. The van der Waals surface area contributed by atoms with Gasteiger partial charge >= 0.3 is 0 Å². The van der Waals surface area contributed by atoms with Gasteiger partial charge in [-0.3, -0.25) is 0 Å². The van der Waals surface area contributed by atoms with E-state index in [2.05, 4.69) is 27.7 Å². The van der Waals surface area contributed by atoms with Crippen molar-refractivity contribution in [2.45, 2.75) is 75.4 Å². The molecule has 2 heterocycles. The van der Waals surface area contributed by atoms with Crippen LogP contribution in [0.1, 0.15) is 74.5 Å². The summed E-state index contributed by atoms with van der Waals surface area (Å²) in [6, 6.07) is 4.74. The minimum Gasteiger partial charge on any atom is -0.328 e. The average molecular weight is 315 g/mol. The Morgan fingerprint density at radius 3 is 2.70 bits per heavy atom. The van der Waals surface area contributed by atoms with Crippen molar-refractivity contribution in [2.75, 3.05) is 0 Å². The maximum Gasteiger partial charge on any atom is 0.137 e. The van der Waals surface area contributed by atoms with Gasteiger partial charge in [-0.2, -0.15) is 0 Å². The lowest BCUT2D eigenvalue weighted by atomic mass is 9.83. The molecule has 2 aromatic heterocycles. The van der Waals surface area contributed by atoms with Crippen molar-refractivity contribution < 1.29 is 4.39 Å². The highest BCUT2D eigenvalue weighted by Gasteiger charge is 2.25. The van der Waals surface area contributed by atoms with Gasteiger partial charge in [-0.25, -0.2) is 9.37 Å². The molecule has 0 spiro atoms. The molecule has 0 bridgehead atoms. The van der Waals surface area contributed by atoms with E-state index in [0.717, 1.165) is 31.3 Å². The van der Waals surface area contributed by atoms with Crippen LogP contribution in [0.15, 0.2) is 24.5 Å². The summed E-state index contributed by atoms with van der Waals surface area (Å²) in [5.41, 5.74) is 9.80. The molecule has 0 saturated heterocycles. The number of nitrogens with two attached hydrogens (primary N) is 1. The molecule has 124 valence electrons. The Morgan fingerprint density at radius 2 is 1.91 bits per heavy atom. The Morgan fingerprint density at radius 1 is 1.09 bits per heavy atom. The van der Waals surface area contributed by atoms with Crippen molar-refractivity contribution in [2.24, 2.45) is 5.73 Å². The van der Waals surface area contributed by atoms with Crippen molar-refractivity contribution in [1.82, 2.24) is 9.38 Å². The van der Waals surface area contributed by atoms with Crippen LogP contribution in [0.5, 0.6) is 0 Å². The summed E-state index contributed by atoms with van der Waals surface area (Å²) >= 11 is 0. The molecule has 0 aromatic carbocycles. The van der Waals surface area contributed by atoms with Gasteiger partial charge < -0.3 is 10.1 Å². The number of pyridine rings is 1. The second-order valence-corrected chi connectivity index (χ2v) is 7.44. The highest BCUT2D eigenvalue weighted by molar-refractivity contribution is 5.45. The predicted molar refractivity (Wildman–Crippen MR) is 90.5 cm³/mol. The molecule has 2 unspecified atom stereocenters. The topological polar surface area (TPSA) is 43.3 Å². The van der Waals surface area contributed by atoms with Crippen LogP contribution in [0.4, 0.5) is 4.39 Å². The third-order valence-electron chi connectivity index (χ3n) is 5.83. The van der Waals surface area contributed by atoms with E-state index in [-0.39, 0.29) is 0 Å². The third-order valence-corrected chi connectivity index (χ3v) is 5.83. The number of aromatic nitrogens is 2.